The fraction of sp³-hybridized carbons (Fsp3) is 0.190. The van der Waals surface area contributed by atoms with Gasteiger partial charge in [-0.25, -0.2) is 0 Å². The second kappa shape index (κ2) is 7.26. The molecule has 0 spiro atoms. The van der Waals surface area contributed by atoms with E-state index in [1.54, 1.807) is 11.2 Å². The summed E-state index contributed by atoms with van der Waals surface area (Å²) in [5.41, 5.74) is 3.89. The second-order valence-corrected chi connectivity index (χ2v) is 6.13. The van der Waals surface area contributed by atoms with Crippen LogP contribution in [0.15, 0.2) is 71.2 Å². The number of nitrogens with zero attached hydrogens (tertiary/aromatic N) is 3. The highest BCUT2D eigenvalue weighted by atomic mass is 16.2. The molecule has 1 amide bonds. The Labute approximate surface area is 148 Å². The van der Waals surface area contributed by atoms with Crippen molar-refractivity contribution in [3.8, 4) is 0 Å². The number of allylic oxidation sites excluding steroid dienone is 1. The molecule has 4 heteroatoms. The van der Waals surface area contributed by atoms with Crippen molar-refractivity contribution in [2.24, 2.45) is 4.99 Å². The monoisotopic (exact) mass is 332 g/mol. The van der Waals surface area contributed by atoms with Crippen LogP contribution < -0.4 is 5.01 Å². The highest BCUT2D eigenvalue weighted by Crippen LogP contribution is 2.20. The summed E-state index contributed by atoms with van der Waals surface area (Å²) in [6, 6.07) is 19.2. The third-order valence-electron chi connectivity index (χ3n) is 4.27. The standard InChI is InChI=1S/C21H22N3O/c1-16(14-18-10-6-4-7-11-18)15-22-20-17(2)23(3)24(21(20)25)19-12-8-5-9-13-19/h4-15,20H,1-3H3/q+1/b16-14+,22-15?/t20-/m0/s1. The Bertz CT molecular complexity index is 851. The van der Waals surface area contributed by atoms with Crippen LogP contribution in [0.5, 0.6) is 0 Å². The summed E-state index contributed by atoms with van der Waals surface area (Å²) in [5.74, 6) is -0.0324. The van der Waals surface area contributed by atoms with Crippen LogP contribution in [0.1, 0.15) is 19.4 Å². The lowest BCUT2D eigenvalue weighted by molar-refractivity contribution is -0.495. The number of para-hydroxylation sites is 1. The summed E-state index contributed by atoms with van der Waals surface area (Å²) < 4.78 is 1.87. The zero-order valence-electron chi connectivity index (χ0n) is 14.8. The first kappa shape index (κ1) is 16.8. The van der Waals surface area contributed by atoms with Crippen LogP contribution in [0.4, 0.5) is 5.69 Å². The summed E-state index contributed by atoms with van der Waals surface area (Å²) in [6.45, 7) is 3.93. The zero-order valence-corrected chi connectivity index (χ0v) is 14.8. The van der Waals surface area contributed by atoms with Crippen molar-refractivity contribution in [1.82, 2.24) is 0 Å². The van der Waals surface area contributed by atoms with E-state index in [1.807, 2.05) is 86.2 Å². The molecule has 0 radical (unpaired) electrons. The first-order valence-corrected chi connectivity index (χ1v) is 8.30. The van der Waals surface area contributed by atoms with E-state index in [-0.39, 0.29) is 5.91 Å². The Morgan fingerprint density at radius 1 is 1.08 bits per heavy atom. The van der Waals surface area contributed by atoms with E-state index in [2.05, 4.69) is 11.1 Å². The van der Waals surface area contributed by atoms with Crippen molar-refractivity contribution >= 4 is 29.6 Å². The number of hydrazine groups is 1. The molecule has 0 aromatic heterocycles. The van der Waals surface area contributed by atoms with Gasteiger partial charge in [-0.05, 0) is 30.2 Å². The number of hydrogen-bond acceptors (Lipinski definition) is 2. The summed E-state index contributed by atoms with van der Waals surface area (Å²) in [4.78, 5) is 17.4. The molecule has 0 unspecified atom stereocenters. The van der Waals surface area contributed by atoms with E-state index in [4.69, 9.17) is 0 Å². The van der Waals surface area contributed by atoms with Gasteiger partial charge in [0.1, 0.15) is 5.69 Å². The molecule has 2 aromatic carbocycles. The Morgan fingerprint density at radius 3 is 2.32 bits per heavy atom. The molecule has 3 rings (SSSR count). The number of carbonyl (C=O) groups is 1. The lowest BCUT2D eigenvalue weighted by Crippen LogP contribution is -2.35. The molecule has 0 bridgehead atoms. The van der Waals surface area contributed by atoms with Gasteiger partial charge in [0.05, 0.1) is 0 Å². The van der Waals surface area contributed by atoms with Gasteiger partial charge in [-0.2, -0.15) is 0 Å². The maximum atomic E-state index is 12.8. The molecule has 0 saturated heterocycles. The smallest absolute Gasteiger partial charge is 0.268 e. The molecular formula is C21H22N3O+. The summed E-state index contributed by atoms with van der Waals surface area (Å²) in [5, 5.41) is 1.67. The topological polar surface area (TPSA) is 35.7 Å². The number of carbonyl (C=O) groups excluding carboxylic acids is 1. The van der Waals surface area contributed by atoms with Gasteiger partial charge >= 0.3 is 5.91 Å². The third-order valence-corrected chi connectivity index (χ3v) is 4.27. The predicted octanol–water partition coefficient (Wildman–Crippen LogP) is 3.59. The van der Waals surface area contributed by atoms with E-state index >= 15 is 0 Å². The Hall–Kier alpha value is -3.01. The molecule has 1 aliphatic heterocycles. The predicted molar refractivity (Wildman–Crippen MR) is 103 cm³/mol. The van der Waals surface area contributed by atoms with Crippen LogP contribution in [-0.4, -0.2) is 35.6 Å². The highest BCUT2D eigenvalue weighted by Gasteiger charge is 2.44. The van der Waals surface area contributed by atoms with Crippen LogP contribution in [0.3, 0.4) is 0 Å². The van der Waals surface area contributed by atoms with E-state index in [0.717, 1.165) is 22.5 Å². The summed E-state index contributed by atoms with van der Waals surface area (Å²) >= 11 is 0. The average Bonchev–Trinajstić information content (AvgIpc) is 2.84. The number of aliphatic imine (C=N–C) groups is 1. The Balaban J connectivity index is 1.82. The largest absolute Gasteiger partial charge is 0.318 e. The van der Waals surface area contributed by atoms with Crippen molar-refractivity contribution in [3.63, 3.8) is 0 Å². The van der Waals surface area contributed by atoms with Gasteiger partial charge in [-0.15, -0.1) is 4.68 Å². The molecule has 0 saturated carbocycles. The number of hydrogen-bond donors (Lipinski definition) is 0. The van der Waals surface area contributed by atoms with Crippen molar-refractivity contribution in [3.05, 3.63) is 71.8 Å². The molecular weight excluding hydrogens is 310 g/mol. The Kier molecular flexibility index (Phi) is 4.89. The normalized spacial score (nSPS) is 18.5. The molecule has 25 heavy (non-hydrogen) atoms. The zero-order chi connectivity index (χ0) is 17.8. The van der Waals surface area contributed by atoms with Crippen LogP contribution >= 0.6 is 0 Å². The van der Waals surface area contributed by atoms with E-state index in [1.165, 1.54) is 0 Å². The lowest BCUT2D eigenvalue weighted by Gasteiger charge is -2.10. The molecule has 1 aliphatic rings. The van der Waals surface area contributed by atoms with E-state index in [0.29, 0.717) is 0 Å². The number of hydrazone groups is 1. The van der Waals surface area contributed by atoms with Gasteiger partial charge in [0.25, 0.3) is 0 Å². The minimum atomic E-state index is -0.482. The molecule has 1 atom stereocenters. The van der Waals surface area contributed by atoms with Crippen molar-refractivity contribution in [2.75, 3.05) is 12.1 Å². The van der Waals surface area contributed by atoms with E-state index in [9.17, 15) is 4.79 Å². The van der Waals surface area contributed by atoms with Crippen LogP contribution in [-0.2, 0) is 4.79 Å². The quantitative estimate of drug-likeness (QED) is 0.622. The summed E-state index contributed by atoms with van der Waals surface area (Å²) in [7, 11) is 1.89. The van der Waals surface area contributed by atoms with Gasteiger partial charge < -0.3 is 0 Å². The minimum absolute atomic E-state index is 0.0324. The first-order valence-electron chi connectivity index (χ1n) is 8.30. The SMILES string of the molecule is CC1=[N+](C)N(c2ccccc2)C(=O)[C@H]1N=C/C(C)=C/c1ccccc1. The minimum Gasteiger partial charge on any atom is -0.268 e. The first-order chi connectivity index (χ1) is 12.1. The van der Waals surface area contributed by atoms with Crippen molar-refractivity contribution in [1.29, 1.82) is 0 Å². The molecule has 1 heterocycles. The Morgan fingerprint density at radius 2 is 1.68 bits per heavy atom. The fourth-order valence-electron chi connectivity index (χ4n) is 2.86. The van der Waals surface area contributed by atoms with Gasteiger partial charge in [-0.3, -0.25) is 9.79 Å². The average molecular weight is 332 g/mol. The van der Waals surface area contributed by atoms with E-state index < -0.39 is 6.04 Å². The number of amides is 1. The highest BCUT2D eigenvalue weighted by molar-refractivity contribution is 6.15. The van der Waals surface area contributed by atoms with Crippen molar-refractivity contribution in [2.45, 2.75) is 19.9 Å². The maximum absolute atomic E-state index is 12.8. The molecule has 2 aromatic rings. The molecule has 0 N–H and O–H groups in total. The lowest BCUT2D eigenvalue weighted by atomic mass is 10.1. The number of anilines is 1. The summed E-state index contributed by atoms with van der Waals surface area (Å²) in [6.07, 6.45) is 3.83. The van der Waals surface area contributed by atoms with Crippen molar-refractivity contribution < 1.29 is 9.48 Å². The van der Waals surface area contributed by atoms with Gasteiger partial charge in [0.15, 0.2) is 7.05 Å². The molecule has 126 valence electrons. The molecule has 4 nitrogen and oxygen atoms in total. The molecule has 0 aliphatic carbocycles. The number of rotatable bonds is 4. The van der Waals surface area contributed by atoms with Crippen LogP contribution in [0.25, 0.3) is 6.08 Å². The number of benzene rings is 2. The maximum Gasteiger partial charge on any atom is 0.318 e. The fourth-order valence-corrected chi connectivity index (χ4v) is 2.86. The van der Waals surface area contributed by atoms with Gasteiger partial charge in [0, 0.05) is 13.1 Å². The van der Waals surface area contributed by atoms with Crippen LogP contribution in [0.2, 0.25) is 0 Å². The van der Waals surface area contributed by atoms with Gasteiger partial charge in [0.2, 0.25) is 11.8 Å². The van der Waals surface area contributed by atoms with Crippen LogP contribution in [0, 0.1) is 0 Å². The van der Waals surface area contributed by atoms with Gasteiger partial charge in [-0.1, -0.05) is 59.6 Å². The third kappa shape index (κ3) is 3.58. The molecule has 0 fully saturated rings. The second-order valence-electron chi connectivity index (χ2n) is 6.13.